The Labute approximate surface area is 120 Å². The number of anilines is 1. The van der Waals surface area contributed by atoms with Crippen molar-refractivity contribution in [2.24, 2.45) is 0 Å². The van der Waals surface area contributed by atoms with Gasteiger partial charge in [0.1, 0.15) is 11.6 Å². The van der Waals surface area contributed by atoms with E-state index in [0.717, 1.165) is 48.8 Å². The number of nitrogens with zero attached hydrogens (tertiary/aromatic N) is 3. The van der Waals surface area contributed by atoms with Crippen molar-refractivity contribution in [1.29, 1.82) is 0 Å². The van der Waals surface area contributed by atoms with Crippen LogP contribution in [0.1, 0.15) is 31.8 Å². The molecule has 106 valence electrons. The van der Waals surface area contributed by atoms with Crippen molar-refractivity contribution in [1.82, 2.24) is 14.9 Å². The van der Waals surface area contributed by atoms with Crippen LogP contribution in [0.15, 0.2) is 6.07 Å². The Morgan fingerprint density at radius 2 is 2.26 bits per heavy atom. The van der Waals surface area contributed by atoms with Crippen LogP contribution in [0.25, 0.3) is 0 Å². The van der Waals surface area contributed by atoms with Crippen molar-refractivity contribution in [3.8, 4) is 0 Å². The first-order valence-corrected chi connectivity index (χ1v) is 8.18. The van der Waals surface area contributed by atoms with Gasteiger partial charge in [0.05, 0.1) is 6.54 Å². The van der Waals surface area contributed by atoms with Crippen LogP contribution in [0.2, 0.25) is 0 Å². The molecule has 5 heteroatoms. The van der Waals surface area contributed by atoms with Gasteiger partial charge in [-0.3, -0.25) is 4.90 Å². The lowest BCUT2D eigenvalue weighted by atomic mass is 10.3. The first-order valence-electron chi connectivity index (χ1n) is 7.13. The summed E-state index contributed by atoms with van der Waals surface area (Å²) < 4.78 is 0. The van der Waals surface area contributed by atoms with Crippen LogP contribution in [0, 0.1) is 6.92 Å². The van der Waals surface area contributed by atoms with Gasteiger partial charge in [0.2, 0.25) is 0 Å². The fraction of sp³-hybridized carbons (Fsp3) is 0.714. The minimum absolute atomic E-state index is 0.770. The summed E-state index contributed by atoms with van der Waals surface area (Å²) in [6.45, 7) is 10.5. The van der Waals surface area contributed by atoms with E-state index in [-0.39, 0.29) is 0 Å². The Hall–Kier alpha value is -0.810. The van der Waals surface area contributed by atoms with Crippen LogP contribution in [0.4, 0.5) is 5.82 Å². The largest absolute Gasteiger partial charge is 0.370 e. The second-order valence-corrected chi connectivity index (χ2v) is 6.39. The Morgan fingerprint density at radius 1 is 1.42 bits per heavy atom. The summed E-state index contributed by atoms with van der Waals surface area (Å²) in [5.74, 6) is 3.12. The van der Waals surface area contributed by atoms with Gasteiger partial charge in [0, 0.05) is 42.4 Å². The molecule has 0 aromatic carbocycles. The SMILES string of the molecule is CCNc1cc(C)nc(CN2CCSC(CC)C2)n1. The minimum Gasteiger partial charge on any atom is -0.370 e. The van der Waals surface area contributed by atoms with Crippen molar-refractivity contribution in [2.75, 3.05) is 30.7 Å². The average molecular weight is 280 g/mol. The summed E-state index contributed by atoms with van der Waals surface area (Å²) in [6, 6.07) is 2.01. The Bertz CT molecular complexity index is 410. The normalized spacial score (nSPS) is 20.5. The molecular formula is C14H24N4S. The summed E-state index contributed by atoms with van der Waals surface area (Å²) in [6.07, 6.45) is 1.25. The van der Waals surface area contributed by atoms with Gasteiger partial charge in [-0.2, -0.15) is 11.8 Å². The van der Waals surface area contributed by atoms with Crippen LogP contribution >= 0.6 is 11.8 Å². The molecule has 0 spiro atoms. The van der Waals surface area contributed by atoms with E-state index < -0.39 is 0 Å². The predicted octanol–water partition coefficient (Wildman–Crippen LogP) is 2.54. The average Bonchev–Trinajstić information content (AvgIpc) is 2.38. The molecule has 0 saturated carbocycles. The molecule has 19 heavy (non-hydrogen) atoms. The number of hydrogen-bond donors (Lipinski definition) is 1. The summed E-state index contributed by atoms with van der Waals surface area (Å²) in [4.78, 5) is 11.6. The topological polar surface area (TPSA) is 41.1 Å². The van der Waals surface area contributed by atoms with Crippen molar-refractivity contribution in [3.05, 3.63) is 17.6 Å². The first-order chi connectivity index (χ1) is 9.21. The van der Waals surface area contributed by atoms with E-state index in [1.54, 1.807) is 0 Å². The molecule has 1 atom stereocenters. The van der Waals surface area contributed by atoms with Crippen LogP contribution in [-0.4, -0.2) is 45.5 Å². The van der Waals surface area contributed by atoms with Crippen molar-refractivity contribution in [2.45, 2.75) is 39.0 Å². The summed E-state index contributed by atoms with van der Waals surface area (Å²) in [5.41, 5.74) is 1.04. The van der Waals surface area contributed by atoms with Gasteiger partial charge >= 0.3 is 0 Å². The molecule has 1 fully saturated rings. The number of nitrogens with one attached hydrogen (secondary N) is 1. The second-order valence-electron chi connectivity index (χ2n) is 4.98. The third-order valence-corrected chi connectivity index (χ3v) is 4.67. The zero-order valence-electron chi connectivity index (χ0n) is 12.1. The zero-order chi connectivity index (χ0) is 13.7. The van der Waals surface area contributed by atoms with Crippen LogP contribution in [0.5, 0.6) is 0 Å². The smallest absolute Gasteiger partial charge is 0.144 e. The number of thioether (sulfide) groups is 1. The first kappa shape index (κ1) is 14.6. The number of aromatic nitrogens is 2. The summed E-state index contributed by atoms with van der Waals surface area (Å²) >= 11 is 2.10. The van der Waals surface area contributed by atoms with Gasteiger partial charge in [0.15, 0.2) is 0 Å². The minimum atomic E-state index is 0.770. The maximum absolute atomic E-state index is 4.60. The van der Waals surface area contributed by atoms with Crippen molar-refractivity contribution < 1.29 is 0 Å². The Kier molecular flexibility index (Phi) is 5.45. The summed E-state index contributed by atoms with van der Waals surface area (Å²) in [7, 11) is 0. The lowest BCUT2D eigenvalue weighted by molar-refractivity contribution is 0.266. The maximum Gasteiger partial charge on any atom is 0.144 e. The highest BCUT2D eigenvalue weighted by Gasteiger charge is 2.19. The standard InChI is InChI=1S/C14H24N4S/c1-4-12-9-18(6-7-19-12)10-14-16-11(3)8-13(17-14)15-5-2/h8,12H,4-7,9-10H2,1-3H3,(H,15,16,17). The van der Waals surface area contributed by atoms with Crippen LogP contribution < -0.4 is 5.32 Å². The summed E-state index contributed by atoms with van der Waals surface area (Å²) in [5, 5.41) is 4.04. The highest BCUT2D eigenvalue weighted by molar-refractivity contribution is 8.00. The second kappa shape index (κ2) is 7.10. The molecule has 0 radical (unpaired) electrons. The maximum atomic E-state index is 4.60. The molecular weight excluding hydrogens is 256 g/mol. The zero-order valence-corrected chi connectivity index (χ0v) is 13.0. The number of aryl methyl sites for hydroxylation is 1. The molecule has 2 rings (SSSR count). The van der Waals surface area contributed by atoms with Gasteiger partial charge in [-0.25, -0.2) is 9.97 Å². The molecule has 1 saturated heterocycles. The highest BCUT2D eigenvalue weighted by atomic mass is 32.2. The monoisotopic (exact) mass is 280 g/mol. The van der Waals surface area contributed by atoms with E-state index in [4.69, 9.17) is 0 Å². The van der Waals surface area contributed by atoms with E-state index >= 15 is 0 Å². The molecule has 0 bridgehead atoms. The Morgan fingerprint density at radius 3 is 3.00 bits per heavy atom. The fourth-order valence-corrected chi connectivity index (χ4v) is 3.59. The van der Waals surface area contributed by atoms with E-state index in [2.05, 4.69) is 45.8 Å². The van der Waals surface area contributed by atoms with Gasteiger partial charge in [-0.15, -0.1) is 0 Å². The van der Waals surface area contributed by atoms with Gasteiger partial charge in [0.25, 0.3) is 0 Å². The molecule has 1 aliphatic heterocycles. The Balaban J connectivity index is 2.01. The molecule has 1 aromatic heterocycles. The quantitative estimate of drug-likeness (QED) is 0.897. The third-order valence-electron chi connectivity index (χ3n) is 3.30. The molecule has 0 amide bonds. The van der Waals surface area contributed by atoms with Gasteiger partial charge in [-0.1, -0.05) is 6.92 Å². The van der Waals surface area contributed by atoms with Gasteiger partial charge < -0.3 is 5.32 Å². The molecule has 4 nitrogen and oxygen atoms in total. The number of hydrogen-bond acceptors (Lipinski definition) is 5. The van der Waals surface area contributed by atoms with Crippen molar-refractivity contribution >= 4 is 17.6 Å². The van der Waals surface area contributed by atoms with Crippen LogP contribution in [0.3, 0.4) is 0 Å². The molecule has 0 aliphatic carbocycles. The fourth-order valence-electron chi connectivity index (χ4n) is 2.34. The van der Waals surface area contributed by atoms with Gasteiger partial charge in [-0.05, 0) is 20.3 Å². The number of rotatable bonds is 5. The molecule has 1 unspecified atom stereocenters. The molecule has 1 aromatic rings. The van der Waals surface area contributed by atoms with Crippen LogP contribution in [-0.2, 0) is 6.54 Å². The lowest BCUT2D eigenvalue weighted by Crippen LogP contribution is -2.37. The predicted molar refractivity (Wildman–Crippen MR) is 82.7 cm³/mol. The van der Waals surface area contributed by atoms with E-state index in [0.29, 0.717) is 0 Å². The third kappa shape index (κ3) is 4.35. The van der Waals surface area contributed by atoms with E-state index in [9.17, 15) is 0 Å². The lowest BCUT2D eigenvalue weighted by Gasteiger charge is -2.31. The van der Waals surface area contributed by atoms with E-state index in [1.807, 2.05) is 13.0 Å². The molecule has 1 aliphatic rings. The molecule has 1 N–H and O–H groups in total. The molecule has 2 heterocycles. The van der Waals surface area contributed by atoms with Crippen molar-refractivity contribution in [3.63, 3.8) is 0 Å². The van der Waals surface area contributed by atoms with E-state index in [1.165, 1.54) is 12.2 Å². The highest BCUT2D eigenvalue weighted by Crippen LogP contribution is 2.22.